The molecule has 0 saturated carbocycles. The summed E-state index contributed by atoms with van der Waals surface area (Å²) in [7, 11) is 0. The molecule has 0 atom stereocenters. The molecule has 3 aromatic carbocycles. The van der Waals surface area contributed by atoms with Gasteiger partial charge in [0.2, 0.25) is 5.78 Å². The van der Waals surface area contributed by atoms with E-state index in [1.165, 1.54) is 17.4 Å². The first-order valence-electron chi connectivity index (χ1n) is 9.25. The van der Waals surface area contributed by atoms with Crippen LogP contribution < -0.4 is 5.56 Å². The van der Waals surface area contributed by atoms with E-state index in [9.17, 15) is 14.7 Å². The van der Waals surface area contributed by atoms with Crippen molar-refractivity contribution in [2.45, 2.75) is 0 Å². The van der Waals surface area contributed by atoms with Crippen LogP contribution in [0.25, 0.3) is 32.5 Å². The molecule has 0 bridgehead atoms. The third kappa shape index (κ3) is 3.13. The Labute approximate surface area is 174 Å². The van der Waals surface area contributed by atoms with Crippen molar-refractivity contribution >= 4 is 27.2 Å². The Morgan fingerprint density at radius 3 is 2.33 bits per heavy atom. The fraction of sp³-hybridized carbons (Fsp3) is 0. The number of carbonyl (C=O) groups excluding carboxylic acids is 1. The summed E-state index contributed by atoms with van der Waals surface area (Å²) in [6.07, 6.45) is 0. The van der Waals surface area contributed by atoms with Gasteiger partial charge >= 0.3 is 0 Å². The summed E-state index contributed by atoms with van der Waals surface area (Å²) in [5.41, 5.74) is 2.76. The number of aromatic amines is 1. The highest BCUT2D eigenvalue weighted by molar-refractivity contribution is 7.21. The van der Waals surface area contributed by atoms with E-state index in [1.54, 1.807) is 24.3 Å². The lowest BCUT2D eigenvalue weighted by molar-refractivity contribution is 0.104. The summed E-state index contributed by atoms with van der Waals surface area (Å²) in [4.78, 5) is 25.2. The molecule has 5 nitrogen and oxygen atoms in total. The van der Waals surface area contributed by atoms with Crippen LogP contribution in [0.4, 0.5) is 0 Å². The van der Waals surface area contributed by atoms with E-state index in [2.05, 4.69) is 5.16 Å². The minimum Gasteiger partial charge on any atom is -0.508 e. The topological polar surface area (TPSA) is 83.3 Å². The molecule has 0 aliphatic rings. The zero-order valence-corrected chi connectivity index (χ0v) is 16.4. The number of carbonyl (C=O) groups is 1. The van der Waals surface area contributed by atoms with E-state index >= 15 is 0 Å². The van der Waals surface area contributed by atoms with Crippen LogP contribution in [0.5, 0.6) is 5.75 Å². The van der Waals surface area contributed by atoms with E-state index in [1.807, 2.05) is 48.5 Å². The van der Waals surface area contributed by atoms with Crippen molar-refractivity contribution in [2.75, 3.05) is 0 Å². The van der Waals surface area contributed by atoms with Gasteiger partial charge in [-0.2, -0.15) is 5.16 Å². The molecule has 0 aliphatic carbocycles. The highest BCUT2D eigenvalue weighted by Gasteiger charge is 2.21. The second-order valence-electron chi connectivity index (χ2n) is 6.84. The standard InChI is InChI=1S/C24H15NO4S/c26-17-10-11-18-20(12-17)30-24(23(28)16-4-2-1-3-5-16)22(18)15-8-6-14(7-9-15)19-13-21(27)25-29-19/h1-13,26H,(H,25,27). The van der Waals surface area contributed by atoms with Crippen LogP contribution in [0.15, 0.2) is 88.2 Å². The van der Waals surface area contributed by atoms with Crippen LogP contribution in [0.1, 0.15) is 15.2 Å². The first kappa shape index (κ1) is 18.1. The van der Waals surface area contributed by atoms with Crippen molar-refractivity contribution in [3.8, 4) is 28.2 Å². The second kappa shape index (κ2) is 7.17. The van der Waals surface area contributed by atoms with Crippen LogP contribution in [0.3, 0.4) is 0 Å². The van der Waals surface area contributed by atoms with Crippen LogP contribution in [-0.2, 0) is 0 Å². The van der Waals surface area contributed by atoms with Gasteiger partial charge < -0.3 is 9.63 Å². The minimum atomic E-state index is -0.298. The molecule has 0 radical (unpaired) electrons. The average Bonchev–Trinajstić information content (AvgIpc) is 3.37. The molecule has 0 fully saturated rings. The number of fused-ring (bicyclic) bond motifs is 1. The van der Waals surface area contributed by atoms with Gasteiger partial charge in [-0.05, 0) is 23.8 Å². The van der Waals surface area contributed by atoms with Crippen molar-refractivity contribution in [1.82, 2.24) is 5.16 Å². The third-order valence-electron chi connectivity index (χ3n) is 4.90. The number of nitrogens with one attached hydrogen (secondary N) is 1. The molecule has 0 unspecified atom stereocenters. The molecule has 0 saturated heterocycles. The molecule has 2 N–H and O–H groups in total. The molecule has 30 heavy (non-hydrogen) atoms. The molecule has 6 heteroatoms. The first-order valence-corrected chi connectivity index (χ1v) is 10.1. The van der Waals surface area contributed by atoms with Gasteiger partial charge in [0.1, 0.15) is 5.75 Å². The van der Waals surface area contributed by atoms with Crippen molar-refractivity contribution < 1.29 is 14.4 Å². The van der Waals surface area contributed by atoms with Gasteiger partial charge in [-0.25, -0.2) is 0 Å². The summed E-state index contributed by atoms with van der Waals surface area (Å²) in [6.45, 7) is 0. The summed E-state index contributed by atoms with van der Waals surface area (Å²) < 4.78 is 6.00. The maximum absolute atomic E-state index is 13.3. The Morgan fingerprint density at radius 2 is 1.63 bits per heavy atom. The second-order valence-corrected chi connectivity index (χ2v) is 7.89. The monoisotopic (exact) mass is 413 g/mol. The van der Waals surface area contributed by atoms with Crippen molar-refractivity contribution in [2.24, 2.45) is 0 Å². The number of aromatic nitrogens is 1. The largest absolute Gasteiger partial charge is 0.508 e. The number of ketones is 1. The van der Waals surface area contributed by atoms with Gasteiger partial charge in [0.25, 0.3) is 5.56 Å². The highest BCUT2D eigenvalue weighted by atomic mass is 32.1. The number of hydrogen-bond donors (Lipinski definition) is 2. The van der Waals surface area contributed by atoms with Crippen molar-refractivity contribution in [3.05, 3.63) is 99.7 Å². The number of aromatic hydroxyl groups is 1. The predicted molar refractivity (Wildman–Crippen MR) is 117 cm³/mol. The first-order chi connectivity index (χ1) is 14.6. The summed E-state index contributed by atoms with van der Waals surface area (Å²) >= 11 is 1.37. The Morgan fingerprint density at radius 1 is 0.900 bits per heavy atom. The van der Waals surface area contributed by atoms with Crippen LogP contribution in [-0.4, -0.2) is 16.0 Å². The maximum Gasteiger partial charge on any atom is 0.280 e. The molecular weight excluding hydrogens is 398 g/mol. The van der Waals surface area contributed by atoms with Gasteiger partial charge in [-0.3, -0.25) is 9.59 Å². The molecule has 0 spiro atoms. The van der Waals surface area contributed by atoms with E-state index in [4.69, 9.17) is 4.52 Å². The molecule has 146 valence electrons. The summed E-state index contributed by atoms with van der Waals surface area (Å²) in [5, 5.41) is 13.1. The lowest BCUT2D eigenvalue weighted by Gasteiger charge is -2.06. The average molecular weight is 413 g/mol. The zero-order valence-electron chi connectivity index (χ0n) is 15.6. The van der Waals surface area contributed by atoms with E-state index in [0.717, 1.165) is 26.8 Å². The van der Waals surface area contributed by atoms with Crippen LogP contribution in [0.2, 0.25) is 0 Å². The van der Waals surface area contributed by atoms with E-state index < -0.39 is 0 Å². The number of rotatable bonds is 4. The lowest BCUT2D eigenvalue weighted by atomic mass is 9.97. The summed E-state index contributed by atoms with van der Waals surface area (Å²) in [6, 6.07) is 23.2. The molecule has 0 aliphatic heterocycles. The molecule has 0 amide bonds. The number of phenolic OH excluding ortho intramolecular Hbond substituents is 1. The molecule has 2 heterocycles. The van der Waals surface area contributed by atoms with Crippen LogP contribution >= 0.6 is 11.3 Å². The van der Waals surface area contributed by atoms with Gasteiger partial charge in [0.15, 0.2) is 5.76 Å². The number of hydrogen-bond acceptors (Lipinski definition) is 5. The molecule has 2 aromatic heterocycles. The van der Waals surface area contributed by atoms with Crippen LogP contribution in [0, 0.1) is 0 Å². The smallest absolute Gasteiger partial charge is 0.280 e. The number of H-pyrrole nitrogens is 1. The van der Waals surface area contributed by atoms with Gasteiger partial charge in [-0.15, -0.1) is 11.3 Å². The van der Waals surface area contributed by atoms with Crippen molar-refractivity contribution in [3.63, 3.8) is 0 Å². The number of benzene rings is 3. The highest BCUT2D eigenvalue weighted by Crippen LogP contribution is 2.41. The SMILES string of the molecule is O=C(c1ccccc1)c1sc2cc(O)ccc2c1-c1ccc(-c2cc(=O)[nH]o2)cc1. The molecule has 5 rings (SSSR count). The van der Waals surface area contributed by atoms with Gasteiger partial charge in [-0.1, -0.05) is 54.6 Å². The van der Waals surface area contributed by atoms with Crippen molar-refractivity contribution in [1.29, 1.82) is 0 Å². The molecule has 5 aromatic rings. The third-order valence-corrected chi connectivity index (χ3v) is 6.05. The Hall–Kier alpha value is -3.90. The Bertz CT molecular complexity index is 1430. The summed E-state index contributed by atoms with van der Waals surface area (Å²) in [5.74, 6) is 0.547. The fourth-order valence-electron chi connectivity index (χ4n) is 3.48. The normalized spacial score (nSPS) is 11.1. The Kier molecular flexibility index (Phi) is 4.34. The predicted octanol–water partition coefficient (Wildman–Crippen LogP) is 5.45. The van der Waals surface area contributed by atoms with Gasteiger partial charge in [0, 0.05) is 26.8 Å². The fourth-order valence-corrected chi connectivity index (χ4v) is 4.70. The molecular formula is C24H15NO4S. The number of thiophene rings is 1. The Balaban J connectivity index is 1.67. The quantitative estimate of drug-likeness (QED) is 0.384. The van der Waals surface area contributed by atoms with E-state index in [0.29, 0.717) is 16.2 Å². The maximum atomic E-state index is 13.3. The minimum absolute atomic E-state index is 0.0630. The number of phenols is 1. The lowest BCUT2D eigenvalue weighted by Crippen LogP contribution is -2.00. The van der Waals surface area contributed by atoms with E-state index in [-0.39, 0.29) is 17.1 Å². The van der Waals surface area contributed by atoms with Gasteiger partial charge in [0.05, 0.1) is 10.9 Å². The zero-order chi connectivity index (χ0) is 20.7.